The predicted octanol–water partition coefficient (Wildman–Crippen LogP) is 4.45. The van der Waals surface area contributed by atoms with Gasteiger partial charge in [0.15, 0.2) is 11.0 Å². The summed E-state index contributed by atoms with van der Waals surface area (Å²) in [6.45, 7) is 5.87. The molecule has 1 N–H and O–H groups in total. The Morgan fingerprint density at radius 1 is 1.00 bits per heavy atom. The van der Waals surface area contributed by atoms with E-state index in [0.717, 1.165) is 22.4 Å². The molecule has 2 aromatic rings. The zero-order valence-electron chi connectivity index (χ0n) is 10.4. The second-order valence-electron chi connectivity index (χ2n) is 4.17. The van der Waals surface area contributed by atoms with Crippen LogP contribution in [0, 0.1) is 20.8 Å². The first-order valence-corrected chi connectivity index (χ1v) is 6.27. The smallest absolute Gasteiger partial charge is 0.156 e. The van der Waals surface area contributed by atoms with Crippen LogP contribution in [0.15, 0.2) is 18.2 Å². The largest absolute Gasteiger partial charge is 0.338 e. The Morgan fingerprint density at radius 2 is 1.72 bits per heavy atom. The van der Waals surface area contributed by atoms with Gasteiger partial charge in [0.05, 0.1) is 0 Å². The van der Waals surface area contributed by atoms with Gasteiger partial charge in [0.2, 0.25) is 0 Å². The van der Waals surface area contributed by atoms with Crippen LogP contribution >= 0.6 is 23.2 Å². The summed E-state index contributed by atoms with van der Waals surface area (Å²) in [4.78, 5) is 0. The van der Waals surface area contributed by atoms with E-state index in [9.17, 15) is 0 Å². The minimum atomic E-state index is 0.436. The van der Waals surface area contributed by atoms with Gasteiger partial charge in [-0.2, -0.15) is 0 Å². The zero-order chi connectivity index (χ0) is 13.3. The summed E-state index contributed by atoms with van der Waals surface area (Å²) < 4.78 is 0. The molecule has 0 fully saturated rings. The van der Waals surface area contributed by atoms with E-state index in [1.165, 1.54) is 0 Å². The van der Waals surface area contributed by atoms with Gasteiger partial charge in [0.25, 0.3) is 0 Å². The highest BCUT2D eigenvalue weighted by atomic mass is 35.5. The Hall–Kier alpha value is -1.32. The third-order valence-electron chi connectivity index (χ3n) is 2.91. The molecule has 0 amide bonds. The van der Waals surface area contributed by atoms with Crippen molar-refractivity contribution in [2.75, 3.05) is 5.32 Å². The Bertz CT molecular complexity index is 597. The summed E-state index contributed by atoms with van der Waals surface area (Å²) >= 11 is 11.8. The quantitative estimate of drug-likeness (QED) is 0.884. The highest BCUT2D eigenvalue weighted by Gasteiger charge is 2.09. The van der Waals surface area contributed by atoms with Crippen molar-refractivity contribution in [3.8, 4) is 0 Å². The summed E-state index contributed by atoms with van der Waals surface area (Å²) in [5.74, 6) is 0.710. The number of halogens is 2. The first kappa shape index (κ1) is 13.1. The SMILES string of the molecule is Cc1cc(Cl)ccc1Nc1nnc(Cl)c(C)c1C. The number of nitrogens with zero attached hydrogens (tertiary/aromatic N) is 2. The molecule has 1 heterocycles. The second-order valence-corrected chi connectivity index (χ2v) is 4.97. The van der Waals surface area contributed by atoms with Crippen molar-refractivity contribution in [1.29, 1.82) is 0 Å². The highest BCUT2D eigenvalue weighted by molar-refractivity contribution is 6.30. The fourth-order valence-electron chi connectivity index (χ4n) is 1.59. The van der Waals surface area contributed by atoms with Gasteiger partial charge in [-0.1, -0.05) is 23.2 Å². The van der Waals surface area contributed by atoms with Crippen molar-refractivity contribution in [3.63, 3.8) is 0 Å². The lowest BCUT2D eigenvalue weighted by atomic mass is 10.1. The number of anilines is 2. The third kappa shape index (κ3) is 2.57. The average molecular weight is 282 g/mol. The lowest BCUT2D eigenvalue weighted by Gasteiger charge is -2.12. The van der Waals surface area contributed by atoms with Crippen LogP contribution in [0.3, 0.4) is 0 Å². The molecule has 5 heteroatoms. The van der Waals surface area contributed by atoms with Gasteiger partial charge in [0.1, 0.15) is 0 Å². The minimum absolute atomic E-state index is 0.436. The Balaban J connectivity index is 2.37. The van der Waals surface area contributed by atoms with E-state index < -0.39 is 0 Å². The van der Waals surface area contributed by atoms with Gasteiger partial charge in [0, 0.05) is 10.7 Å². The molecule has 94 valence electrons. The summed E-state index contributed by atoms with van der Waals surface area (Å²) in [5.41, 5.74) is 3.93. The number of aryl methyl sites for hydroxylation is 1. The van der Waals surface area contributed by atoms with Crippen LogP contribution in [-0.4, -0.2) is 10.2 Å². The summed E-state index contributed by atoms with van der Waals surface area (Å²) in [5, 5.41) is 12.4. The molecule has 0 saturated carbocycles. The van der Waals surface area contributed by atoms with Crippen molar-refractivity contribution in [1.82, 2.24) is 10.2 Å². The number of rotatable bonds is 2. The van der Waals surface area contributed by atoms with E-state index in [0.29, 0.717) is 16.0 Å². The van der Waals surface area contributed by atoms with E-state index in [1.807, 2.05) is 39.0 Å². The molecule has 0 spiro atoms. The van der Waals surface area contributed by atoms with Gasteiger partial charge < -0.3 is 5.32 Å². The summed E-state index contributed by atoms with van der Waals surface area (Å²) in [6.07, 6.45) is 0. The molecular formula is C13H13Cl2N3. The maximum absolute atomic E-state index is 5.92. The van der Waals surface area contributed by atoms with Gasteiger partial charge >= 0.3 is 0 Å². The maximum atomic E-state index is 5.92. The van der Waals surface area contributed by atoms with Gasteiger partial charge in [-0.05, 0) is 55.7 Å². The summed E-state index contributed by atoms with van der Waals surface area (Å²) in [7, 11) is 0. The van der Waals surface area contributed by atoms with Crippen LogP contribution < -0.4 is 5.32 Å². The molecule has 0 radical (unpaired) electrons. The molecule has 0 saturated heterocycles. The standard InChI is InChI=1S/C13H13Cl2N3/c1-7-6-10(14)4-5-11(7)16-13-9(3)8(2)12(15)17-18-13/h4-6H,1-3H3,(H,16,18). The Kier molecular flexibility index (Phi) is 3.73. The molecule has 2 rings (SSSR count). The molecule has 0 atom stereocenters. The zero-order valence-corrected chi connectivity index (χ0v) is 11.9. The van der Waals surface area contributed by atoms with E-state index in [1.54, 1.807) is 0 Å². The molecule has 0 unspecified atom stereocenters. The van der Waals surface area contributed by atoms with Crippen LogP contribution in [0.5, 0.6) is 0 Å². The van der Waals surface area contributed by atoms with Crippen molar-refractivity contribution in [2.24, 2.45) is 0 Å². The number of aromatic nitrogens is 2. The minimum Gasteiger partial charge on any atom is -0.338 e. The predicted molar refractivity (Wildman–Crippen MR) is 76.0 cm³/mol. The Morgan fingerprint density at radius 3 is 2.39 bits per heavy atom. The number of nitrogens with one attached hydrogen (secondary N) is 1. The summed E-state index contributed by atoms with van der Waals surface area (Å²) in [6, 6.07) is 5.65. The van der Waals surface area contributed by atoms with Crippen molar-refractivity contribution in [3.05, 3.63) is 45.1 Å². The maximum Gasteiger partial charge on any atom is 0.156 e. The molecule has 18 heavy (non-hydrogen) atoms. The van der Waals surface area contributed by atoms with E-state index in [2.05, 4.69) is 15.5 Å². The normalized spacial score (nSPS) is 10.5. The number of benzene rings is 1. The van der Waals surface area contributed by atoms with Crippen molar-refractivity contribution < 1.29 is 0 Å². The third-order valence-corrected chi connectivity index (χ3v) is 3.50. The molecule has 0 bridgehead atoms. The molecule has 1 aromatic heterocycles. The fourth-order valence-corrected chi connectivity index (χ4v) is 2.00. The lowest BCUT2D eigenvalue weighted by Crippen LogP contribution is -2.02. The first-order valence-electron chi connectivity index (χ1n) is 5.51. The van der Waals surface area contributed by atoms with E-state index in [4.69, 9.17) is 23.2 Å². The van der Waals surface area contributed by atoms with Crippen LogP contribution in [0.2, 0.25) is 10.2 Å². The van der Waals surface area contributed by atoms with Crippen molar-refractivity contribution >= 4 is 34.7 Å². The van der Waals surface area contributed by atoms with Gasteiger partial charge in [-0.25, -0.2) is 0 Å². The molecule has 0 aliphatic heterocycles. The van der Waals surface area contributed by atoms with Gasteiger partial charge in [-0.15, -0.1) is 10.2 Å². The average Bonchev–Trinajstić information content (AvgIpc) is 2.33. The Labute approximate surface area is 116 Å². The van der Waals surface area contributed by atoms with Crippen LogP contribution in [0.4, 0.5) is 11.5 Å². The van der Waals surface area contributed by atoms with Gasteiger partial charge in [-0.3, -0.25) is 0 Å². The van der Waals surface area contributed by atoms with Crippen molar-refractivity contribution in [2.45, 2.75) is 20.8 Å². The van der Waals surface area contributed by atoms with Crippen LogP contribution in [0.1, 0.15) is 16.7 Å². The van der Waals surface area contributed by atoms with E-state index >= 15 is 0 Å². The molecule has 3 nitrogen and oxygen atoms in total. The molecular weight excluding hydrogens is 269 g/mol. The highest BCUT2D eigenvalue weighted by Crippen LogP contribution is 2.26. The topological polar surface area (TPSA) is 37.8 Å². The molecule has 0 aliphatic carbocycles. The molecule has 1 aromatic carbocycles. The monoisotopic (exact) mass is 281 g/mol. The fraction of sp³-hybridized carbons (Fsp3) is 0.231. The second kappa shape index (κ2) is 5.12. The lowest BCUT2D eigenvalue weighted by molar-refractivity contribution is 1.00. The number of hydrogen-bond acceptors (Lipinski definition) is 3. The van der Waals surface area contributed by atoms with Crippen LogP contribution in [-0.2, 0) is 0 Å². The van der Waals surface area contributed by atoms with E-state index in [-0.39, 0.29) is 0 Å². The first-order chi connectivity index (χ1) is 8.49. The van der Waals surface area contributed by atoms with Crippen LogP contribution in [0.25, 0.3) is 0 Å². The number of hydrogen-bond donors (Lipinski definition) is 1. The molecule has 0 aliphatic rings.